The molecule has 0 aliphatic carbocycles. The zero-order chi connectivity index (χ0) is 15.7. The smallest absolute Gasteiger partial charge is 0.205 e. The van der Waals surface area contributed by atoms with E-state index in [2.05, 4.69) is 78.8 Å². The summed E-state index contributed by atoms with van der Waals surface area (Å²) in [7, 11) is 5.85. The lowest BCUT2D eigenvalue weighted by molar-refractivity contribution is -0.679. The highest BCUT2D eigenvalue weighted by Crippen LogP contribution is 2.26. The van der Waals surface area contributed by atoms with Gasteiger partial charge in [-0.05, 0) is 30.3 Å². The number of hydrogen-bond acceptors (Lipinski definition) is 1. The molecule has 2 heterocycles. The Morgan fingerprint density at radius 3 is 2.73 bits per heavy atom. The van der Waals surface area contributed by atoms with Gasteiger partial charge in [-0.2, -0.15) is 4.57 Å². The van der Waals surface area contributed by atoms with Gasteiger partial charge in [0.2, 0.25) is 5.69 Å². The second-order valence-electron chi connectivity index (χ2n) is 5.56. The number of methoxy groups -OCH3 is 1. The van der Waals surface area contributed by atoms with Crippen LogP contribution >= 0.6 is 0 Å². The molecule has 3 nitrogen and oxygen atoms in total. The molecular weight excluding hydrogens is 272 g/mol. The van der Waals surface area contributed by atoms with Crippen LogP contribution in [0.5, 0.6) is 5.75 Å². The Morgan fingerprint density at radius 1 is 1.14 bits per heavy atom. The summed E-state index contributed by atoms with van der Waals surface area (Å²) in [6.07, 6.45) is 6.47. The molecule has 0 aliphatic rings. The van der Waals surface area contributed by atoms with Gasteiger partial charge >= 0.3 is 0 Å². The van der Waals surface area contributed by atoms with Crippen molar-refractivity contribution in [1.82, 2.24) is 4.57 Å². The molecule has 3 rings (SSSR count). The van der Waals surface area contributed by atoms with E-state index in [0.717, 1.165) is 5.75 Å². The predicted molar refractivity (Wildman–Crippen MR) is 90.8 cm³/mol. The first-order chi connectivity index (χ1) is 10.6. The molecule has 0 amide bonds. The van der Waals surface area contributed by atoms with Crippen LogP contribution in [-0.4, -0.2) is 11.7 Å². The van der Waals surface area contributed by atoms with Crippen molar-refractivity contribution < 1.29 is 9.30 Å². The van der Waals surface area contributed by atoms with E-state index in [1.807, 2.05) is 6.07 Å². The SMILES string of the molecule is COc1ccc2c(c1)c(C=Cc1cccc(C)[n+]1C)cn2C. The molecule has 0 spiro atoms. The molecule has 0 saturated heterocycles. The fourth-order valence-corrected chi connectivity index (χ4v) is 2.72. The van der Waals surface area contributed by atoms with Gasteiger partial charge in [0.1, 0.15) is 12.8 Å². The second-order valence-corrected chi connectivity index (χ2v) is 5.56. The Hall–Kier alpha value is -2.55. The molecule has 2 aromatic heterocycles. The van der Waals surface area contributed by atoms with Crippen LogP contribution in [0.1, 0.15) is 17.0 Å². The molecule has 1 aromatic carbocycles. The van der Waals surface area contributed by atoms with Crippen LogP contribution in [0.15, 0.2) is 42.6 Å². The van der Waals surface area contributed by atoms with Gasteiger partial charge in [-0.1, -0.05) is 0 Å². The van der Waals surface area contributed by atoms with E-state index in [9.17, 15) is 0 Å². The van der Waals surface area contributed by atoms with E-state index in [1.54, 1.807) is 7.11 Å². The summed E-state index contributed by atoms with van der Waals surface area (Å²) in [6, 6.07) is 12.5. The average Bonchev–Trinajstić information content (AvgIpc) is 2.84. The van der Waals surface area contributed by atoms with Crippen molar-refractivity contribution in [2.75, 3.05) is 7.11 Å². The number of nitrogens with zero attached hydrogens (tertiary/aromatic N) is 2. The molecule has 0 unspecified atom stereocenters. The standard InChI is InChI=1S/C19H21N2O/c1-14-6-5-7-16(21(14)3)9-8-15-13-20(2)19-11-10-17(22-4)12-18(15)19/h5-13H,1-4H3/q+1. The van der Waals surface area contributed by atoms with Crippen LogP contribution < -0.4 is 9.30 Å². The van der Waals surface area contributed by atoms with Gasteiger partial charge in [-0.15, -0.1) is 0 Å². The first kappa shape index (κ1) is 14.4. The third kappa shape index (κ3) is 2.50. The fraction of sp³-hybridized carbons (Fsp3) is 0.211. The lowest BCUT2D eigenvalue weighted by Crippen LogP contribution is -2.34. The number of aryl methyl sites for hydroxylation is 2. The summed E-state index contributed by atoms with van der Waals surface area (Å²) in [5.74, 6) is 0.884. The summed E-state index contributed by atoms with van der Waals surface area (Å²) in [5.41, 5.74) is 4.81. The monoisotopic (exact) mass is 293 g/mol. The largest absolute Gasteiger partial charge is 0.497 e. The molecule has 112 valence electrons. The number of benzene rings is 1. The minimum absolute atomic E-state index is 0.884. The van der Waals surface area contributed by atoms with Crippen LogP contribution in [0.2, 0.25) is 0 Å². The highest BCUT2D eigenvalue weighted by Gasteiger charge is 2.08. The minimum Gasteiger partial charge on any atom is -0.497 e. The number of aromatic nitrogens is 2. The van der Waals surface area contributed by atoms with Crippen molar-refractivity contribution in [2.24, 2.45) is 14.1 Å². The first-order valence-electron chi connectivity index (χ1n) is 7.37. The Morgan fingerprint density at radius 2 is 1.95 bits per heavy atom. The molecule has 22 heavy (non-hydrogen) atoms. The number of rotatable bonds is 3. The summed E-state index contributed by atoms with van der Waals surface area (Å²) >= 11 is 0. The maximum Gasteiger partial charge on any atom is 0.205 e. The van der Waals surface area contributed by atoms with Crippen LogP contribution in [0.4, 0.5) is 0 Å². The maximum atomic E-state index is 5.35. The van der Waals surface area contributed by atoms with Crippen LogP contribution in [0.25, 0.3) is 23.1 Å². The van der Waals surface area contributed by atoms with Gasteiger partial charge in [-0.25, -0.2) is 0 Å². The van der Waals surface area contributed by atoms with Gasteiger partial charge < -0.3 is 9.30 Å². The molecule has 3 aromatic rings. The highest BCUT2D eigenvalue weighted by molar-refractivity contribution is 5.92. The van der Waals surface area contributed by atoms with Gasteiger partial charge in [0.15, 0.2) is 5.69 Å². The van der Waals surface area contributed by atoms with E-state index >= 15 is 0 Å². The van der Waals surface area contributed by atoms with Crippen molar-refractivity contribution in [2.45, 2.75) is 6.92 Å². The lowest BCUT2D eigenvalue weighted by atomic mass is 10.1. The number of fused-ring (bicyclic) bond motifs is 1. The van der Waals surface area contributed by atoms with Crippen molar-refractivity contribution in [3.8, 4) is 5.75 Å². The summed E-state index contributed by atoms with van der Waals surface area (Å²) in [4.78, 5) is 0. The first-order valence-corrected chi connectivity index (χ1v) is 7.37. The Kier molecular flexibility index (Phi) is 3.72. The molecule has 0 N–H and O–H groups in total. The van der Waals surface area contributed by atoms with Crippen molar-refractivity contribution >= 4 is 23.1 Å². The summed E-state index contributed by atoms with van der Waals surface area (Å²) in [5, 5.41) is 1.20. The summed E-state index contributed by atoms with van der Waals surface area (Å²) in [6.45, 7) is 2.11. The van der Waals surface area contributed by atoms with E-state index in [0.29, 0.717) is 0 Å². The molecule has 0 atom stereocenters. The average molecular weight is 293 g/mol. The van der Waals surface area contributed by atoms with Gasteiger partial charge in [0.25, 0.3) is 0 Å². The molecule has 3 heteroatoms. The molecular formula is C19H21N2O+. The van der Waals surface area contributed by atoms with Crippen LogP contribution in [0.3, 0.4) is 0 Å². The zero-order valence-electron chi connectivity index (χ0n) is 13.5. The van der Waals surface area contributed by atoms with E-state index in [1.165, 1.54) is 27.9 Å². The highest BCUT2D eigenvalue weighted by atomic mass is 16.5. The van der Waals surface area contributed by atoms with E-state index in [4.69, 9.17) is 4.74 Å². The molecule has 0 fully saturated rings. The van der Waals surface area contributed by atoms with Gasteiger partial charge in [-0.3, -0.25) is 0 Å². The van der Waals surface area contributed by atoms with Gasteiger partial charge in [0.05, 0.1) is 7.11 Å². The van der Waals surface area contributed by atoms with Crippen molar-refractivity contribution in [1.29, 1.82) is 0 Å². The van der Waals surface area contributed by atoms with Gasteiger partial charge in [0, 0.05) is 54.8 Å². The third-order valence-corrected chi connectivity index (χ3v) is 4.18. The zero-order valence-corrected chi connectivity index (χ0v) is 13.5. The Bertz CT molecular complexity index is 859. The topological polar surface area (TPSA) is 18.0 Å². The minimum atomic E-state index is 0.884. The number of hydrogen-bond donors (Lipinski definition) is 0. The summed E-state index contributed by atoms with van der Waals surface area (Å²) < 4.78 is 9.67. The van der Waals surface area contributed by atoms with Crippen LogP contribution in [0, 0.1) is 6.92 Å². The molecule has 0 bridgehead atoms. The predicted octanol–water partition coefficient (Wildman–Crippen LogP) is 3.49. The normalized spacial score (nSPS) is 11.5. The molecule has 0 aliphatic heterocycles. The van der Waals surface area contributed by atoms with E-state index < -0.39 is 0 Å². The Balaban J connectivity index is 2.06. The number of pyridine rings is 1. The fourth-order valence-electron chi connectivity index (χ4n) is 2.72. The maximum absolute atomic E-state index is 5.35. The molecule has 0 radical (unpaired) electrons. The quantitative estimate of drug-likeness (QED) is 0.676. The van der Waals surface area contributed by atoms with Crippen LogP contribution in [-0.2, 0) is 14.1 Å². The number of ether oxygens (including phenoxy) is 1. The van der Waals surface area contributed by atoms with Crippen molar-refractivity contribution in [3.63, 3.8) is 0 Å². The lowest BCUT2D eigenvalue weighted by Gasteiger charge is -2.01. The van der Waals surface area contributed by atoms with Crippen molar-refractivity contribution in [3.05, 3.63) is 59.5 Å². The second kappa shape index (κ2) is 5.68. The molecule has 0 saturated carbocycles. The third-order valence-electron chi connectivity index (χ3n) is 4.18. The van der Waals surface area contributed by atoms with E-state index in [-0.39, 0.29) is 0 Å². The Labute approximate surface area is 131 Å².